The quantitative estimate of drug-likeness (QED) is 0.515. The van der Waals surface area contributed by atoms with Gasteiger partial charge in [-0.1, -0.05) is 30.3 Å². The van der Waals surface area contributed by atoms with Crippen LogP contribution in [0.5, 0.6) is 0 Å². The summed E-state index contributed by atoms with van der Waals surface area (Å²) in [6.07, 6.45) is 1.38. The maximum atomic E-state index is 12.9. The van der Waals surface area contributed by atoms with E-state index in [-0.39, 0.29) is 13.2 Å². The van der Waals surface area contributed by atoms with Gasteiger partial charge in [-0.05, 0) is 26.3 Å². The fourth-order valence-electron chi connectivity index (χ4n) is 2.68. The fraction of sp³-hybridized carbons (Fsp3) is 0.429. The molecule has 0 saturated carbocycles. The molecule has 2 rings (SSSR count). The van der Waals surface area contributed by atoms with Crippen LogP contribution in [0.25, 0.3) is 0 Å². The number of esters is 2. The van der Waals surface area contributed by atoms with E-state index in [1.807, 2.05) is 18.2 Å². The third-order valence-corrected chi connectivity index (χ3v) is 4.03. The van der Waals surface area contributed by atoms with Crippen LogP contribution in [0.15, 0.2) is 42.7 Å². The Labute approximate surface area is 175 Å². The Morgan fingerprint density at radius 2 is 1.70 bits per heavy atom. The minimum absolute atomic E-state index is 0.00321. The number of amides is 2. The topological polar surface area (TPSA) is 102 Å². The van der Waals surface area contributed by atoms with Gasteiger partial charge in [-0.15, -0.1) is 0 Å². The van der Waals surface area contributed by atoms with Crippen molar-refractivity contribution in [2.24, 2.45) is 0 Å². The lowest BCUT2D eigenvalue weighted by Gasteiger charge is -2.34. The van der Waals surface area contributed by atoms with Crippen LogP contribution in [0, 0.1) is 0 Å². The molecule has 0 spiro atoms. The molecule has 0 saturated heterocycles. The molecule has 0 N–H and O–H groups in total. The summed E-state index contributed by atoms with van der Waals surface area (Å²) in [4.78, 5) is 51.5. The van der Waals surface area contributed by atoms with E-state index in [9.17, 15) is 19.2 Å². The molecule has 1 aliphatic rings. The van der Waals surface area contributed by atoms with Crippen molar-refractivity contribution in [1.82, 2.24) is 9.80 Å². The van der Waals surface area contributed by atoms with E-state index in [2.05, 4.69) is 4.74 Å². The van der Waals surface area contributed by atoms with Crippen LogP contribution < -0.4 is 0 Å². The van der Waals surface area contributed by atoms with Gasteiger partial charge in [0.25, 0.3) is 5.91 Å². The van der Waals surface area contributed by atoms with Crippen molar-refractivity contribution in [3.8, 4) is 0 Å². The monoisotopic (exact) mass is 418 g/mol. The summed E-state index contributed by atoms with van der Waals surface area (Å²) in [7, 11) is 1.20. The van der Waals surface area contributed by atoms with E-state index in [0.29, 0.717) is 0 Å². The number of benzene rings is 1. The molecule has 1 atom stereocenters. The minimum atomic E-state index is -1.21. The maximum absolute atomic E-state index is 12.9. The predicted molar refractivity (Wildman–Crippen MR) is 106 cm³/mol. The first kappa shape index (κ1) is 22.9. The maximum Gasteiger partial charge on any atom is 0.414 e. The molecule has 1 heterocycles. The normalized spacial score (nSPS) is 16.3. The van der Waals surface area contributed by atoms with Gasteiger partial charge in [0.2, 0.25) is 0 Å². The number of hydrogen-bond donors (Lipinski definition) is 0. The van der Waals surface area contributed by atoms with E-state index >= 15 is 0 Å². The Balaban J connectivity index is 2.17. The average molecular weight is 418 g/mol. The molecule has 9 nitrogen and oxygen atoms in total. The second-order valence-corrected chi connectivity index (χ2v) is 7.59. The lowest BCUT2D eigenvalue weighted by molar-refractivity contribution is -0.158. The number of carbonyl (C=O) groups excluding carboxylic acids is 4. The van der Waals surface area contributed by atoms with E-state index in [0.717, 1.165) is 15.4 Å². The Hall–Kier alpha value is -3.36. The summed E-state index contributed by atoms with van der Waals surface area (Å²) >= 11 is 0. The largest absolute Gasteiger partial charge is 0.468 e. The number of rotatable bonds is 6. The van der Waals surface area contributed by atoms with E-state index in [1.54, 1.807) is 32.9 Å². The van der Waals surface area contributed by atoms with E-state index in [1.165, 1.54) is 19.5 Å². The molecule has 1 aromatic carbocycles. The Bertz CT molecular complexity index is 814. The summed E-state index contributed by atoms with van der Waals surface area (Å²) in [5.41, 5.74) is 0.0174. The third-order valence-electron chi connectivity index (χ3n) is 4.03. The molecule has 0 aromatic heterocycles. The molecule has 2 amide bonds. The average Bonchev–Trinajstić information content (AvgIpc) is 2.68. The van der Waals surface area contributed by atoms with Crippen molar-refractivity contribution in [3.63, 3.8) is 0 Å². The van der Waals surface area contributed by atoms with Crippen molar-refractivity contribution in [2.75, 3.05) is 13.7 Å². The fourth-order valence-corrected chi connectivity index (χ4v) is 2.68. The molecule has 162 valence electrons. The Kier molecular flexibility index (Phi) is 7.57. The molecule has 0 bridgehead atoms. The Morgan fingerprint density at radius 1 is 1.03 bits per heavy atom. The zero-order chi connectivity index (χ0) is 22.3. The van der Waals surface area contributed by atoms with Crippen LogP contribution in [-0.2, 0) is 35.2 Å². The summed E-state index contributed by atoms with van der Waals surface area (Å²) < 4.78 is 15.1. The SMILES string of the molecule is COC(=O)CN1C=CN(C(=O)OCc2ccccc2)[C@@H](CC(=O)OC(C)(C)C)C1=O. The lowest BCUT2D eigenvalue weighted by atomic mass is 10.1. The highest BCUT2D eigenvalue weighted by atomic mass is 16.6. The van der Waals surface area contributed by atoms with Gasteiger partial charge in [0.05, 0.1) is 13.5 Å². The third kappa shape index (κ3) is 6.61. The molecule has 1 aromatic rings. The zero-order valence-corrected chi connectivity index (χ0v) is 17.5. The highest BCUT2D eigenvalue weighted by Crippen LogP contribution is 2.20. The first-order chi connectivity index (χ1) is 14.1. The van der Waals surface area contributed by atoms with Gasteiger partial charge >= 0.3 is 18.0 Å². The molecule has 0 fully saturated rings. The van der Waals surface area contributed by atoms with Crippen LogP contribution in [0.2, 0.25) is 0 Å². The second kappa shape index (κ2) is 9.91. The summed E-state index contributed by atoms with van der Waals surface area (Å²) in [6, 6.07) is 7.83. The zero-order valence-electron chi connectivity index (χ0n) is 17.5. The highest BCUT2D eigenvalue weighted by Gasteiger charge is 2.38. The van der Waals surface area contributed by atoms with Crippen LogP contribution >= 0.6 is 0 Å². The minimum Gasteiger partial charge on any atom is -0.468 e. The second-order valence-electron chi connectivity index (χ2n) is 7.59. The van der Waals surface area contributed by atoms with Crippen LogP contribution in [0.4, 0.5) is 4.79 Å². The van der Waals surface area contributed by atoms with Gasteiger partial charge in [-0.3, -0.25) is 19.3 Å². The number of hydrogen-bond acceptors (Lipinski definition) is 7. The molecule has 9 heteroatoms. The molecule has 30 heavy (non-hydrogen) atoms. The van der Waals surface area contributed by atoms with Gasteiger partial charge in [-0.2, -0.15) is 0 Å². The van der Waals surface area contributed by atoms with Gasteiger partial charge in [-0.25, -0.2) is 4.79 Å². The van der Waals surface area contributed by atoms with Gasteiger partial charge in [0.1, 0.15) is 24.8 Å². The predicted octanol–water partition coefficient (Wildman–Crippen LogP) is 2.21. The highest BCUT2D eigenvalue weighted by molar-refractivity contribution is 5.93. The molecule has 0 aliphatic carbocycles. The lowest BCUT2D eigenvalue weighted by Crippen LogP contribution is -2.53. The smallest absolute Gasteiger partial charge is 0.414 e. The number of methoxy groups -OCH3 is 1. The van der Waals surface area contributed by atoms with Crippen LogP contribution in [-0.4, -0.2) is 59.0 Å². The number of ether oxygens (including phenoxy) is 3. The van der Waals surface area contributed by atoms with Gasteiger partial charge in [0, 0.05) is 12.4 Å². The molecule has 0 unspecified atom stereocenters. The number of carbonyl (C=O) groups is 4. The first-order valence-electron chi connectivity index (χ1n) is 9.37. The van der Waals surface area contributed by atoms with Crippen molar-refractivity contribution in [2.45, 2.75) is 45.4 Å². The standard InChI is InChI=1S/C21H26N2O7/c1-21(2,3)30-17(24)12-16-19(26)22(13-18(25)28-4)10-11-23(16)20(27)29-14-15-8-6-5-7-9-15/h5-11,16H,12-14H2,1-4H3/t16-/m0/s1. The Morgan fingerprint density at radius 3 is 2.30 bits per heavy atom. The van der Waals surface area contributed by atoms with Crippen molar-refractivity contribution in [1.29, 1.82) is 0 Å². The van der Waals surface area contributed by atoms with Crippen LogP contribution in [0.3, 0.4) is 0 Å². The van der Waals surface area contributed by atoms with Crippen molar-refractivity contribution in [3.05, 3.63) is 48.3 Å². The van der Waals surface area contributed by atoms with Crippen molar-refractivity contribution >= 4 is 23.9 Å². The summed E-state index contributed by atoms with van der Waals surface area (Å²) in [5, 5.41) is 0. The molecular formula is C21H26N2O7. The van der Waals surface area contributed by atoms with E-state index < -0.39 is 42.0 Å². The van der Waals surface area contributed by atoms with Gasteiger partial charge < -0.3 is 19.1 Å². The van der Waals surface area contributed by atoms with Crippen LogP contribution in [0.1, 0.15) is 32.8 Å². The first-order valence-corrected chi connectivity index (χ1v) is 9.37. The summed E-state index contributed by atoms with van der Waals surface area (Å²) in [6.45, 7) is 4.75. The summed E-state index contributed by atoms with van der Waals surface area (Å²) in [5.74, 6) is -1.91. The molecule has 0 radical (unpaired) electrons. The molecular weight excluding hydrogens is 392 g/mol. The number of nitrogens with zero attached hydrogens (tertiary/aromatic N) is 2. The molecule has 1 aliphatic heterocycles. The van der Waals surface area contributed by atoms with Crippen molar-refractivity contribution < 1.29 is 33.4 Å². The van der Waals surface area contributed by atoms with E-state index in [4.69, 9.17) is 9.47 Å². The van der Waals surface area contributed by atoms with Gasteiger partial charge in [0.15, 0.2) is 0 Å².